The second-order valence-corrected chi connectivity index (χ2v) is 5.90. The highest BCUT2D eigenvalue weighted by Crippen LogP contribution is 2.30. The third kappa shape index (κ3) is 3.73. The van der Waals surface area contributed by atoms with Crippen LogP contribution in [0.1, 0.15) is 43.1 Å². The Balaban J connectivity index is 1.73. The van der Waals surface area contributed by atoms with Crippen LogP contribution in [0.25, 0.3) is 0 Å². The van der Waals surface area contributed by atoms with E-state index in [2.05, 4.69) is 25.2 Å². The van der Waals surface area contributed by atoms with Crippen molar-refractivity contribution >= 4 is 5.91 Å². The molecular weight excluding hydrogens is 292 g/mol. The molecule has 1 atom stereocenters. The minimum absolute atomic E-state index is 0.0533. The lowest BCUT2D eigenvalue weighted by molar-refractivity contribution is -0.119. The van der Waals surface area contributed by atoms with Crippen molar-refractivity contribution in [2.45, 2.75) is 38.9 Å². The SMILES string of the molecule is CC(=O)NCc1ccnc([C@@H]2CCCN2Cc2nccn2C)n1. The summed E-state index contributed by atoms with van der Waals surface area (Å²) in [5.74, 6) is 1.83. The number of carbonyl (C=O) groups is 1. The van der Waals surface area contributed by atoms with E-state index in [-0.39, 0.29) is 11.9 Å². The summed E-state index contributed by atoms with van der Waals surface area (Å²) in [6, 6.07) is 2.06. The van der Waals surface area contributed by atoms with Crippen LogP contribution in [0, 0.1) is 0 Å². The Labute approximate surface area is 135 Å². The van der Waals surface area contributed by atoms with E-state index < -0.39 is 0 Å². The first kappa shape index (κ1) is 15.6. The number of likely N-dealkylation sites (tertiary alicyclic amines) is 1. The summed E-state index contributed by atoms with van der Waals surface area (Å²) in [6.07, 6.45) is 7.75. The Bertz CT molecular complexity index is 683. The number of amides is 1. The molecular formula is C16H22N6O. The predicted molar refractivity (Wildman–Crippen MR) is 85.1 cm³/mol. The Morgan fingerprint density at radius 1 is 1.39 bits per heavy atom. The number of imidazole rings is 1. The second kappa shape index (κ2) is 6.87. The summed E-state index contributed by atoms with van der Waals surface area (Å²) in [4.78, 5) is 26.9. The number of nitrogens with one attached hydrogen (secondary N) is 1. The number of nitrogens with zero attached hydrogens (tertiary/aromatic N) is 5. The molecule has 7 nitrogen and oxygen atoms in total. The molecule has 1 fully saturated rings. The first-order valence-corrected chi connectivity index (χ1v) is 7.90. The van der Waals surface area contributed by atoms with Gasteiger partial charge in [-0.05, 0) is 25.5 Å². The van der Waals surface area contributed by atoms with Gasteiger partial charge in [0, 0.05) is 32.6 Å². The average molecular weight is 314 g/mol. The van der Waals surface area contributed by atoms with Gasteiger partial charge in [0.25, 0.3) is 0 Å². The molecule has 0 saturated carbocycles. The summed E-state index contributed by atoms with van der Waals surface area (Å²) in [7, 11) is 2.01. The monoisotopic (exact) mass is 314 g/mol. The summed E-state index contributed by atoms with van der Waals surface area (Å²) in [5, 5.41) is 2.78. The fourth-order valence-corrected chi connectivity index (χ4v) is 2.93. The van der Waals surface area contributed by atoms with E-state index in [0.717, 1.165) is 43.3 Å². The standard InChI is InChI=1S/C16H22N6O/c1-12(23)19-10-13-5-6-18-16(20-13)14-4-3-8-22(14)11-15-17-7-9-21(15)2/h5-7,9,14H,3-4,8,10-11H2,1-2H3,(H,19,23)/t14-/m0/s1. The van der Waals surface area contributed by atoms with Crippen molar-refractivity contribution in [1.29, 1.82) is 0 Å². The third-order valence-electron chi connectivity index (χ3n) is 4.18. The molecule has 0 aromatic carbocycles. The van der Waals surface area contributed by atoms with Gasteiger partial charge in [-0.25, -0.2) is 15.0 Å². The van der Waals surface area contributed by atoms with Gasteiger partial charge in [0.05, 0.1) is 24.8 Å². The van der Waals surface area contributed by atoms with Crippen LogP contribution in [0.3, 0.4) is 0 Å². The van der Waals surface area contributed by atoms with Crippen LogP contribution in [0.5, 0.6) is 0 Å². The molecule has 1 aliphatic heterocycles. The van der Waals surface area contributed by atoms with Crippen molar-refractivity contribution < 1.29 is 4.79 Å². The fourth-order valence-electron chi connectivity index (χ4n) is 2.93. The first-order valence-electron chi connectivity index (χ1n) is 7.90. The van der Waals surface area contributed by atoms with Gasteiger partial charge >= 0.3 is 0 Å². The summed E-state index contributed by atoms with van der Waals surface area (Å²) < 4.78 is 2.05. The maximum atomic E-state index is 11.0. The maximum Gasteiger partial charge on any atom is 0.217 e. The molecule has 7 heteroatoms. The molecule has 2 aromatic rings. The summed E-state index contributed by atoms with van der Waals surface area (Å²) in [5.41, 5.74) is 0.842. The molecule has 3 heterocycles. The van der Waals surface area contributed by atoms with Crippen LogP contribution in [-0.2, 0) is 24.9 Å². The zero-order valence-electron chi connectivity index (χ0n) is 13.6. The Morgan fingerprint density at radius 3 is 3.00 bits per heavy atom. The molecule has 122 valence electrons. The van der Waals surface area contributed by atoms with Crippen LogP contribution >= 0.6 is 0 Å². The van der Waals surface area contributed by atoms with Crippen molar-refractivity contribution in [1.82, 2.24) is 29.7 Å². The van der Waals surface area contributed by atoms with Crippen LogP contribution in [0.4, 0.5) is 0 Å². The van der Waals surface area contributed by atoms with Crippen molar-refractivity contribution in [2.24, 2.45) is 7.05 Å². The number of rotatable bonds is 5. The van der Waals surface area contributed by atoms with Crippen molar-refractivity contribution in [3.8, 4) is 0 Å². The number of aryl methyl sites for hydroxylation is 1. The lowest BCUT2D eigenvalue weighted by Crippen LogP contribution is -2.26. The second-order valence-electron chi connectivity index (χ2n) is 5.90. The van der Waals surface area contributed by atoms with Gasteiger partial charge in [0.1, 0.15) is 11.6 Å². The lowest BCUT2D eigenvalue weighted by atomic mass is 10.2. The van der Waals surface area contributed by atoms with Crippen LogP contribution < -0.4 is 5.32 Å². The highest BCUT2D eigenvalue weighted by Gasteiger charge is 2.29. The molecule has 0 spiro atoms. The van der Waals surface area contributed by atoms with Gasteiger partial charge < -0.3 is 9.88 Å². The van der Waals surface area contributed by atoms with Crippen molar-refractivity contribution in [3.63, 3.8) is 0 Å². The third-order valence-corrected chi connectivity index (χ3v) is 4.18. The van der Waals surface area contributed by atoms with E-state index in [1.807, 2.05) is 30.1 Å². The maximum absolute atomic E-state index is 11.0. The quantitative estimate of drug-likeness (QED) is 0.897. The molecule has 1 amide bonds. The molecule has 2 aromatic heterocycles. The average Bonchev–Trinajstić information content (AvgIpc) is 3.16. The fraction of sp³-hybridized carbons (Fsp3) is 0.500. The largest absolute Gasteiger partial charge is 0.351 e. The molecule has 3 rings (SSSR count). The number of carbonyl (C=O) groups excluding carboxylic acids is 1. The predicted octanol–water partition coefficient (Wildman–Crippen LogP) is 1.18. The van der Waals surface area contributed by atoms with Gasteiger partial charge in [-0.1, -0.05) is 0 Å². The molecule has 23 heavy (non-hydrogen) atoms. The minimum Gasteiger partial charge on any atom is -0.351 e. The van der Waals surface area contributed by atoms with E-state index in [1.165, 1.54) is 6.92 Å². The van der Waals surface area contributed by atoms with Gasteiger partial charge in [-0.2, -0.15) is 0 Å². The molecule has 0 unspecified atom stereocenters. The molecule has 1 N–H and O–H groups in total. The highest BCUT2D eigenvalue weighted by atomic mass is 16.1. The Kier molecular flexibility index (Phi) is 4.66. The molecule has 0 aliphatic carbocycles. The van der Waals surface area contributed by atoms with Gasteiger partial charge in [-0.3, -0.25) is 9.69 Å². The van der Waals surface area contributed by atoms with Crippen LogP contribution in [0.15, 0.2) is 24.7 Å². The highest BCUT2D eigenvalue weighted by molar-refractivity contribution is 5.72. The topological polar surface area (TPSA) is 75.9 Å². The smallest absolute Gasteiger partial charge is 0.217 e. The van der Waals surface area contributed by atoms with Crippen molar-refractivity contribution in [3.05, 3.63) is 42.0 Å². The number of hydrogen-bond acceptors (Lipinski definition) is 5. The minimum atomic E-state index is -0.0533. The Hall–Kier alpha value is -2.28. The molecule has 0 radical (unpaired) electrons. The summed E-state index contributed by atoms with van der Waals surface area (Å²) in [6.45, 7) is 3.77. The van der Waals surface area contributed by atoms with E-state index in [1.54, 1.807) is 6.20 Å². The number of aromatic nitrogens is 4. The van der Waals surface area contributed by atoms with Gasteiger partial charge in [-0.15, -0.1) is 0 Å². The van der Waals surface area contributed by atoms with E-state index in [9.17, 15) is 4.79 Å². The molecule has 0 bridgehead atoms. The molecule has 1 aliphatic rings. The van der Waals surface area contributed by atoms with Crippen molar-refractivity contribution in [2.75, 3.05) is 6.54 Å². The zero-order chi connectivity index (χ0) is 16.2. The summed E-state index contributed by atoms with van der Waals surface area (Å²) >= 11 is 0. The van der Waals surface area contributed by atoms with Crippen LogP contribution in [-0.4, -0.2) is 36.9 Å². The first-order chi connectivity index (χ1) is 11.1. The Morgan fingerprint density at radius 2 is 2.26 bits per heavy atom. The molecule has 1 saturated heterocycles. The lowest BCUT2D eigenvalue weighted by Gasteiger charge is -2.23. The van der Waals surface area contributed by atoms with Gasteiger partial charge in [0.15, 0.2) is 0 Å². The van der Waals surface area contributed by atoms with E-state index in [0.29, 0.717) is 6.54 Å². The zero-order valence-corrected chi connectivity index (χ0v) is 13.6. The van der Waals surface area contributed by atoms with E-state index >= 15 is 0 Å². The normalized spacial score (nSPS) is 18.3. The van der Waals surface area contributed by atoms with Crippen LogP contribution in [0.2, 0.25) is 0 Å². The number of hydrogen-bond donors (Lipinski definition) is 1. The van der Waals surface area contributed by atoms with E-state index in [4.69, 9.17) is 0 Å². The van der Waals surface area contributed by atoms with Gasteiger partial charge in [0.2, 0.25) is 5.91 Å².